The van der Waals surface area contributed by atoms with Gasteiger partial charge < -0.3 is 9.80 Å². The minimum Gasteiger partial charge on any atom is -0.341 e. The third kappa shape index (κ3) is 7.02. The molecule has 0 aliphatic carbocycles. The van der Waals surface area contributed by atoms with E-state index in [4.69, 9.17) is 0 Å². The third-order valence-electron chi connectivity index (χ3n) is 6.32. The molecule has 2 saturated heterocycles. The molecule has 0 aromatic heterocycles. The Morgan fingerprint density at radius 2 is 1.55 bits per heavy atom. The number of aryl methyl sites for hydroxylation is 1. The summed E-state index contributed by atoms with van der Waals surface area (Å²) in [6.07, 6.45) is 6.23. The van der Waals surface area contributed by atoms with E-state index in [0.29, 0.717) is 36.7 Å². The molecule has 1 aromatic rings. The lowest BCUT2D eigenvalue weighted by molar-refractivity contribution is -0.131. The minimum absolute atomic E-state index is 0.202. The van der Waals surface area contributed by atoms with Gasteiger partial charge in [-0.15, -0.1) is 0 Å². The Morgan fingerprint density at radius 1 is 0.871 bits per heavy atom. The third-order valence-corrected chi connectivity index (χ3v) is 8.23. The van der Waals surface area contributed by atoms with Crippen molar-refractivity contribution in [1.82, 2.24) is 14.1 Å². The Bertz CT molecular complexity index is 800. The summed E-state index contributed by atoms with van der Waals surface area (Å²) < 4.78 is 27.4. The predicted molar refractivity (Wildman–Crippen MR) is 124 cm³/mol. The van der Waals surface area contributed by atoms with E-state index in [1.54, 1.807) is 16.4 Å². The molecule has 2 fully saturated rings. The van der Waals surface area contributed by atoms with Crippen molar-refractivity contribution in [2.45, 2.75) is 63.7 Å². The Hall–Kier alpha value is -1.44. The molecule has 0 radical (unpaired) electrons. The van der Waals surface area contributed by atoms with Crippen LogP contribution in [0.4, 0.5) is 0 Å². The zero-order valence-electron chi connectivity index (χ0n) is 19.3. The van der Waals surface area contributed by atoms with Gasteiger partial charge in [-0.3, -0.25) is 4.79 Å². The van der Waals surface area contributed by atoms with Gasteiger partial charge in [-0.05, 0) is 55.8 Å². The van der Waals surface area contributed by atoms with Crippen LogP contribution in [-0.4, -0.2) is 74.2 Å². The molecule has 174 valence electrons. The second-order valence-electron chi connectivity index (χ2n) is 9.39. The molecular formula is C24H39N3O3S. The van der Waals surface area contributed by atoms with Crippen molar-refractivity contribution >= 4 is 15.9 Å². The molecule has 0 N–H and O–H groups in total. The van der Waals surface area contributed by atoms with Crippen LogP contribution < -0.4 is 0 Å². The molecule has 1 aromatic carbocycles. The molecule has 2 heterocycles. The first kappa shape index (κ1) is 24.2. The highest BCUT2D eigenvalue weighted by atomic mass is 32.2. The highest BCUT2D eigenvalue weighted by Crippen LogP contribution is 2.21. The van der Waals surface area contributed by atoms with Gasteiger partial charge in [0, 0.05) is 45.7 Å². The highest BCUT2D eigenvalue weighted by Gasteiger charge is 2.25. The molecule has 0 bridgehead atoms. The van der Waals surface area contributed by atoms with E-state index in [1.165, 1.54) is 0 Å². The zero-order valence-corrected chi connectivity index (χ0v) is 20.1. The lowest BCUT2D eigenvalue weighted by Gasteiger charge is -2.23. The monoisotopic (exact) mass is 449 g/mol. The van der Waals surface area contributed by atoms with E-state index in [2.05, 4.69) is 18.7 Å². The second-order valence-corrected chi connectivity index (χ2v) is 11.3. The normalized spacial score (nSPS) is 19.9. The van der Waals surface area contributed by atoms with Gasteiger partial charge in [0.15, 0.2) is 0 Å². The van der Waals surface area contributed by atoms with Crippen LogP contribution in [0, 0.1) is 5.92 Å². The number of hydrogen-bond acceptors (Lipinski definition) is 4. The molecule has 0 atom stereocenters. The van der Waals surface area contributed by atoms with Crippen molar-refractivity contribution < 1.29 is 13.2 Å². The summed E-state index contributed by atoms with van der Waals surface area (Å²) >= 11 is 0. The molecule has 3 rings (SSSR count). The number of hydrogen-bond donors (Lipinski definition) is 0. The molecule has 2 aliphatic heterocycles. The van der Waals surface area contributed by atoms with Gasteiger partial charge >= 0.3 is 0 Å². The first-order chi connectivity index (χ1) is 14.9. The van der Waals surface area contributed by atoms with Crippen LogP contribution in [0.2, 0.25) is 0 Å². The summed E-state index contributed by atoms with van der Waals surface area (Å²) in [6, 6.07) is 7.14. The van der Waals surface area contributed by atoms with Gasteiger partial charge in [0.1, 0.15) is 0 Å². The fourth-order valence-corrected chi connectivity index (χ4v) is 6.10. The second kappa shape index (κ2) is 11.4. The Kier molecular flexibility index (Phi) is 8.93. The molecule has 2 aliphatic rings. The molecule has 0 spiro atoms. The summed E-state index contributed by atoms with van der Waals surface area (Å²) in [4.78, 5) is 17.5. The molecule has 31 heavy (non-hydrogen) atoms. The maximum Gasteiger partial charge on any atom is 0.243 e. The lowest BCUT2D eigenvalue weighted by atomic mass is 10.1. The van der Waals surface area contributed by atoms with Crippen LogP contribution in [-0.2, 0) is 21.2 Å². The van der Waals surface area contributed by atoms with Gasteiger partial charge in [-0.1, -0.05) is 38.8 Å². The predicted octanol–water partition coefficient (Wildman–Crippen LogP) is 3.37. The topological polar surface area (TPSA) is 60.9 Å². The standard InChI is InChI=1S/C24H39N3O3S/c1-21(2)20-25-14-7-15-26(19-18-25)24(28)13-10-22-8-11-23(12-9-22)31(29,30)27-16-5-3-4-6-17-27/h8-9,11-12,21H,3-7,10,13-20H2,1-2H3. The largest absolute Gasteiger partial charge is 0.341 e. The van der Waals surface area contributed by atoms with E-state index in [1.807, 2.05) is 17.0 Å². The average Bonchev–Trinajstić information content (AvgIpc) is 3.15. The van der Waals surface area contributed by atoms with Crippen LogP contribution in [0.5, 0.6) is 0 Å². The zero-order chi connectivity index (χ0) is 22.3. The molecular weight excluding hydrogens is 410 g/mol. The van der Waals surface area contributed by atoms with Crippen LogP contribution in [0.1, 0.15) is 57.9 Å². The minimum atomic E-state index is -3.42. The van der Waals surface area contributed by atoms with E-state index in [9.17, 15) is 13.2 Å². The summed E-state index contributed by atoms with van der Waals surface area (Å²) in [7, 11) is -3.42. The number of amides is 1. The Labute approximate surface area is 188 Å². The number of benzene rings is 1. The molecule has 6 nitrogen and oxygen atoms in total. The van der Waals surface area contributed by atoms with Gasteiger partial charge in [0.25, 0.3) is 0 Å². The Balaban J connectivity index is 1.51. The van der Waals surface area contributed by atoms with Gasteiger partial charge in [0.2, 0.25) is 15.9 Å². The first-order valence-electron chi connectivity index (χ1n) is 12.0. The van der Waals surface area contributed by atoms with E-state index >= 15 is 0 Å². The van der Waals surface area contributed by atoms with Crippen LogP contribution in [0.3, 0.4) is 0 Å². The fraction of sp³-hybridized carbons (Fsp3) is 0.708. The maximum atomic E-state index is 12.9. The molecule has 1 amide bonds. The number of carbonyl (C=O) groups is 1. The van der Waals surface area contributed by atoms with Gasteiger partial charge in [-0.2, -0.15) is 4.31 Å². The number of nitrogens with zero attached hydrogens (tertiary/aromatic N) is 3. The van der Waals surface area contributed by atoms with Crippen molar-refractivity contribution in [3.05, 3.63) is 29.8 Å². The Morgan fingerprint density at radius 3 is 2.19 bits per heavy atom. The summed E-state index contributed by atoms with van der Waals surface area (Å²) in [5, 5.41) is 0. The van der Waals surface area contributed by atoms with Crippen molar-refractivity contribution in [1.29, 1.82) is 0 Å². The number of sulfonamides is 1. The summed E-state index contributed by atoms with van der Waals surface area (Å²) in [6.45, 7) is 10.4. The van der Waals surface area contributed by atoms with Crippen LogP contribution in [0.15, 0.2) is 29.2 Å². The highest BCUT2D eigenvalue weighted by molar-refractivity contribution is 7.89. The lowest BCUT2D eigenvalue weighted by Crippen LogP contribution is -2.36. The summed E-state index contributed by atoms with van der Waals surface area (Å²) in [5.41, 5.74) is 1.01. The number of rotatable bonds is 7. The maximum absolute atomic E-state index is 12.9. The SMILES string of the molecule is CC(C)CN1CCCN(C(=O)CCc2ccc(S(=O)(=O)N3CCCCCC3)cc2)CC1. The molecule has 7 heteroatoms. The van der Waals surface area contributed by atoms with Crippen LogP contribution >= 0.6 is 0 Å². The molecule has 0 saturated carbocycles. The van der Waals surface area contributed by atoms with E-state index in [0.717, 1.165) is 70.4 Å². The molecule has 0 unspecified atom stereocenters. The fourth-order valence-electron chi connectivity index (χ4n) is 4.59. The van der Waals surface area contributed by atoms with Crippen LogP contribution in [0.25, 0.3) is 0 Å². The van der Waals surface area contributed by atoms with E-state index in [-0.39, 0.29) is 5.91 Å². The average molecular weight is 450 g/mol. The smallest absolute Gasteiger partial charge is 0.243 e. The van der Waals surface area contributed by atoms with Gasteiger partial charge in [-0.25, -0.2) is 8.42 Å². The van der Waals surface area contributed by atoms with Crippen molar-refractivity contribution in [3.8, 4) is 0 Å². The quantitative estimate of drug-likeness (QED) is 0.640. The van der Waals surface area contributed by atoms with Crippen molar-refractivity contribution in [3.63, 3.8) is 0 Å². The van der Waals surface area contributed by atoms with Crippen molar-refractivity contribution in [2.75, 3.05) is 45.8 Å². The number of carbonyl (C=O) groups excluding carboxylic acids is 1. The first-order valence-corrected chi connectivity index (χ1v) is 13.4. The van der Waals surface area contributed by atoms with Crippen molar-refractivity contribution in [2.24, 2.45) is 5.92 Å². The summed E-state index contributed by atoms with van der Waals surface area (Å²) in [5.74, 6) is 0.848. The van der Waals surface area contributed by atoms with E-state index < -0.39 is 10.0 Å². The van der Waals surface area contributed by atoms with Gasteiger partial charge in [0.05, 0.1) is 4.90 Å².